The lowest BCUT2D eigenvalue weighted by Gasteiger charge is -2.20. The molecule has 0 aromatic carbocycles. The lowest BCUT2D eigenvalue weighted by atomic mass is 10.0. The summed E-state index contributed by atoms with van der Waals surface area (Å²) >= 11 is 0. The molecule has 2 atom stereocenters. The van der Waals surface area contributed by atoms with E-state index in [2.05, 4.69) is 10.1 Å². The highest BCUT2D eigenvalue weighted by molar-refractivity contribution is 5.76. The van der Waals surface area contributed by atoms with E-state index < -0.39 is 24.1 Å². The third-order valence-electron chi connectivity index (χ3n) is 2.18. The molecule has 0 radical (unpaired) electrons. The summed E-state index contributed by atoms with van der Waals surface area (Å²) < 4.78 is 41.6. The third kappa shape index (κ3) is 2.37. The van der Waals surface area contributed by atoms with Gasteiger partial charge in [0.25, 0.3) is 0 Å². The number of hydrogen-bond acceptors (Lipinski definition) is 3. The van der Waals surface area contributed by atoms with Crippen molar-refractivity contribution in [2.75, 3.05) is 13.2 Å². The molecule has 0 aromatic heterocycles. The first kappa shape index (κ1) is 11.3. The van der Waals surface area contributed by atoms with E-state index in [1.54, 1.807) is 6.92 Å². The van der Waals surface area contributed by atoms with Crippen LogP contribution >= 0.6 is 0 Å². The van der Waals surface area contributed by atoms with E-state index in [0.717, 1.165) is 0 Å². The summed E-state index contributed by atoms with van der Waals surface area (Å²) in [4.78, 5) is 11.1. The molecule has 0 spiro atoms. The minimum atomic E-state index is -4.33. The molecule has 14 heavy (non-hydrogen) atoms. The number of hydrogen-bond donors (Lipinski definition) is 1. The zero-order chi connectivity index (χ0) is 10.8. The maximum atomic E-state index is 12.4. The van der Waals surface area contributed by atoms with Crippen LogP contribution in [0.5, 0.6) is 0 Å². The topological polar surface area (TPSA) is 38.3 Å². The van der Waals surface area contributed by atoms with Crippen molar-refractivity contribution in [3.05, 3.63) is 0 Å². The van der Waals surface area contributed by atoms with Crippen LogP contribution in [-0.2, 0) is 9.53 Å². The summed E-state index contributed by atoms with van der Waals surface area (Å²) in [7, 11) is 0. The summed E-state index contributed by atoms with van der Waals surface area (Å²) in [5.41, 5.74) is 0. The van der Waals surface area contributed by atoms with Crippen molar-refractivity contribution in [2.24, 2.45) is 5.92 Å². The molecule has 0 amide bonds. The van der Waals surface area contributed by atoms with Crippen LogP contribution in [0.4, 0.5) is 13.2 Å². The van der Waals surface area contributed by atoms with E-state index in [1.165, 1.54) is 0 Å². The van der Waals surface area contributed by atoms with Crippen LogP contribution in [0.25, 0.3) is 0 Å². The van der Waals surface area contributed by atoms with E-state index in [0.29, 0.717) is 0 Å². The Kier molecular flexibility index (Phi) is 3.36. The SMILES string of the molecule is CCOC(=O)[C@@H]1NCC[C@H]1C(F)(F)F. The van der Waals surface area contributed by atoms with E-state index in [1.807, 2.05) is 0 Å². The molecule has 0 bridgehead atoms. The van der Waals surface area contributed by atoms with Crippen molar-refractivity contribution in [2.45, 2.75) is 25.6 Å². The number of esters is 1. The lowest BCUT2D eigenvalue weighted by molar-refractivity contribution is -0.185. The molecule has 1 fully saturated rings. The molecule has 1 saturated heterocycles. The fourth-order valence-electron chi connectivity index (χ4n) is 1.54. The molecule has 1 aliphatic heterocycles. The molecular formula is C8H12F3NO2. The van der Waals surface area contributed by atoms with E-state index in [4.69, 9.17) is 0 Å². The van der Waals surface area contributed by atoms with Crippen LogP contribution in [0.2, 0.25) is 0 Å². The van der Waals surface area contributed by atoms with Crippen LogP contribution in [-0.4, -0.2) is 31.3 Å². The molecule has 1 aliphatic rings. The maximum absolute atomic E-state index is 12.4. The summed E-state index contributed by atoms with van der Waals surface area (Å²) in [6, 6.07) is -1.23. The first-order chi connectivity index (χ1) is 6.46. The predicted octanol–water partition coefficient (Wildman–Crippen LogP) is 1.09. The normalized spacial score (nSPS) is 27.7. The van der Waals surface area contributed by atoms with Gasteiger partial charge in [-0.3, -0.25) is 4.79 Å². The molecule has 82 valence electrons. The van der Waals surface area contributed by atoms with Gasteiger partial charge in [0.05, 0.1) is 12.5 Å². The van der Waals surface area contributed by atoms with Crippen molar-refractivity contribution in [1.29, 1.82) is 0 Å². The smallest absolute Gasteiger partial charge is 0.393 e. The Morgan fingerprint density at radius 3 is 2.71 bits per heavy atom. The lowest BCUT2D eigenvalue weighted by Crippen LogP contribution is -2.42. The highest BCUT2D eigenvalue weighted by Crippen LogP contribution is 2.34. The summed E-state index contributed by atoms with van der Waals surface area (Å²) in [6.45, 7) is 1.87. The average Bonchev–Trinajstić information content (AvgIpc) is 2.50. The fraction of sp³-hybridized carbons (Fsp3) is 0.875. The van der Waals surface area contributed by atoms with Gasteiger partial charge in [-0.1, -0.05) is 0 Å². The van der Waals surface area contributed by atoms with Gasteiger partial charge in [0, 0.05) is 0 Å². The van der Waals surface area contributed by atoms with Gasteiger partial charge < -0.3 is 10.1 Å². The molecule has 0 aliphatic carbocycles. The third-order valence-corrected chi connectivity index (χ3v) is 2.18. The van der Waals surface area contributed by atoms with Crippen molar-refractivity contribution in [3.8, 4) is 0 Å². The monoisotopic (exact) mass is 211 g/mol. The van der Waals surface area contributed by atoms with Crippen LogP contribution in [0.15, 0.2) is 0 Å². The zero-order valence-corrected chi connectivity index (χ0v) is 7.73. The highest BCUT2D eigenvalue weighted by Gasteiger charge is 2.50. The largest absolute Gasteiger partial charge is 0.465 e. The van der Waals surface area contributed by atoms with E-state index >= 15 is 0 Å². The molecule has 0 unspecified atom stereocenters. The number of rotatable bonds is 2. The van der Waals surface area contributed by atoms with Gasteiger partial charge in [-0.05, 0) is 19.9 Å². The maximum Gasteiger partial charge on any atom is 0.393 e. The van der Waals surface area contributed by atoms with Gasteiger partial charge in [0.15, 0.2) is 0 Å². The van der Waals surface area contributed by atoms with Gasteiger partial charge in [0.1, 0.15) is 6.04 Å². The van der Waals surface area contributed by atoms with E-state index in [9.17, 15) is 18.0 Å². The van der Waals surface area contributed by atoms with Crippen LogP contribution in [0.1, 0.15) is 13.3 Å². The van der Waals surface area contributed by atoms with Gasteiger partial charge in [-0.25, -0.2) is 0 Å². The zero-order valence-electron chi connectivity index (χ0n) is 7.73. The highest BCUT2D eigenvalue weighted by atomic mass is 19.4. The molecule has 6 heteroatoms. The van der Waals surface area contributed by atoms with E-state index in [-0.39, 0.29) is 19.6 Å². The standard InChI is InChI=1S/C8H12F3NO2/c1-2-14-7(13)6-5(3-4-12-6)8(9,10)11/h5-6,12H,2-4H2,1H3/t5-,6-/m1/s1. The molecule has 1 heterocycles. The molecule has 1 rings (SSSR count). The summed E-state index contributed by atoms with van der Waals surface area (Å²) in [5.74, 6) is -2.42. The van der Waals surface area contributed by atoms with Crippen LogP contribution in [0, 0.1) is 5.92 Å². The second kappa shape index (κ2) is 4.16. The summed E-state index contributed by atoms with van der Waals surface area (Å²) in [5, 5.41) is 2.50. The number of halogens is 3. The Morgan fingerprint density at radius 1 is 1.57 bits per heavy atom. The minimum Gasteiger partial charge on any atom is -0.465 e. The first-order valence-electron chi connectivity index (χ1n) is 4.43. The Bertz CT molecular complexity index is 217. The average molecular weight is 211 g/mol. The predicted molar refractivity (Wildman–Crippen MR) is 42.6 cm³/mol. The minimum absolute atomic E-state index is 0.0625. The number of alkyl halides is 3. The van der Waals surface area contributed by atoms with Gasteiger partial charge in [-0.15, -0.1) is 0 Å². The van der Waals surface area contributed by atoms with Crippen molar-refractivity contribution in [3.63, 3.8) is 0 Å². The molecular weight excluding hydrogens is 199 g/mol. The molecule has 1 N–H and O–H groups in total. The Hall–Kier alpha value is -0.780. The number of nitrogens with one attached hydrogen (secondary N) is 1. The van der Waals surface area contributed by atoms with Crippen molar-refractivity contribution < 1.29 is 22.7 Å². The number of carbonyl (C=O) groups is 1. The van der Waals surface area contributed by atoms with Gasteiger partial charge in [-0.2, -0.15) is 13.2 Å². The number of ether oxygens (including phenoxy) is 1. The number of carbonyl (C=O) groups excluding carboxylic acids is 1. The quantitative estimate of drug-likeness (QED) is 0.695. The second-order valence-electron chi connectivity index (χ2n) is 3.12. The first-order valence-corrected chi connectivity index (χ1v) is 4.43. The Balaban J connectivity index is 2.64. The Labute approximate surface area is 79.6 Å². The van der Waals surface area contributed by atoms with Gasteiger partial charge in [0.2, 0.25) is 0 Å². The van der Waals surface area contributed by atoms with Crippen LogP contribution in [0.3, 0.4) is 0 Å². The van der Waals surface area contributed by atoms with Crippen molar-refractivity contribution >= 4 is 5.97 Å². The van der Waals surface area contributed by atoms with Gasteiger partial charge >= 0.3 is 12.1 Å². The molecule has 0 saturated carbocycles. The summed E-state index contributed by atoms with van der Waals surface area (Å²) in [6.07, 6.45) is -4.39. The molecule has 3 nitrogen and oxygen atoms in total. The molecule has 0 aromatic rings. The van der Waals surface area contributed by atoms with Crippen LogP contribution < -0.4 is 5.32 Å². The van der Waals surface area contributed by atoms with Crippen molar-refractivity contribution in [1.82, 2.24) is 5.32 Å². The Morgan fingerprint density at radius 2 is 2.21 bits per heavy atom. The second-order valence-corrected chi connectivity index (χ2v) is 3.12. The fourth-order valence-corrected chi connectivity index (χ4v) is 1.54.